The number of rotatable bonds is 5. The number of imidazole rings is 1. The molecular formula is C18H22F3N3S. The molecule has 3 rings (SSSR count). The summed E-state index contributed by atoms with van der Waals surface area (Å²) in [7, 11) is 0. The zero-order valence-electron chi connectivity index (χ0n) is 14.4. The molecule has 2 heterocycles. The van der Waals surface area contributed by atoms with Gasteiger partial charge in [-0.25, -0.2) is 4.98 Å². The van der Waals surface area contributed by atoms with Gasteiger partial charge in [0.05, 0.1) is 17.3 Å². The standard InChI is InChI=1S/C18H22F3N3S/c1-3-15-23-17(25-2)16-14(22-10-11-24(15)16)9-6-12-4-7-13(8-5-12)18(19,20)21/h4-5,7-8,14,22H,3,6,9-11H2,1-2H3. The molecule has 7 heteroatoms. The van der Waals surface area contributed by atoms with Gasteiger partial charge in [0.1, 0.15) is 10.9 Å². The van der Waals surface area contributed by atoms with E-state index in [0.29, 0.717) is 0 Å². The minimum Gasteiger partial charge on any atom is -0.328 e. The van der Waals surface area contributed by atoms with Crippen LogP contribution in [0.4, 0.5) is 13.2 Å². The maximum absolute atomic E-state index is 12.7. The maximum Gasteiger partial charge on any atom is 0.416 e. The normalized spacial score (nSPS) is 17.6. The number of alkyl halides is 3. The molecule has 0 amide bonds. The lowest BCUT2D eigenvalue weighted by atomic mass is 10.0. The van der Waals surface area contributed by atoms with E-state index in [2.05, 4.69) is 16.8 Å². The Bertz CT molecular complexity index is 722. The fraction of sp³-hybridized carbons (Fsp3) is 0.500. The van der Waals surface area contributed by atoms with Crippen LogP contribution >= 0.6 is 11.8 Å². The van der Waals surface area contributed by atoms with E-state index in [1.165, 1.54) is 5.69 Å². The molecular weight excluding hydrogens is 347 g/mol. The Morgan fingerprint density at radius 2 is 2.00 bits per heavy atom. The molecule has 0 aliphatic carbocycles. The second kappa shape index (κ2) is 7.41. The Morgan fingerprint density at radius 3 is 2.60 bits per heavy atom. The fourth-order valence-corrected chi connectivity index (χ4v) is 4.01. The second-order valence-electron chi connectivity index (χ2n) is 6.17. The predicted molar refractivity (Wildman–Crippen MR) is 93.9 cm³/mol. The summed E-state index contributed by atoms with van der Waals surface area (Å²) in [6, 6.07) is 5.67. The van der Waals surface area contributed by atoms with Gasteiger partial charge in [-0.1, -0.05) is 19.1 Å². The number of hydrogen-bond donors (Lipinski definition) is 1. The van der Waals surface area contributed by atoms with Crippen molar-refractivity contribution in [2.45, 2.75) is 50.0 Å². The second-order valence-corrected chi connectivity index (χ2v) is 6.96. The summed E-state index contributed by atoms with van der Waals surface area (Å²) in [6.45, 7) is 3.92. The molecule has 0 saturated carbocycles. The van der Waals surface area contributed by atoms with Crippen LogP contribution in [0.3, 0.4) is 0 Å². The zero-order valence-corrected chi connectivity index (χ0v) is 15.2. The van der Waals surface area contributed by atoms with Crippen molar-refractivity contribution >= 4 is 11.8 Å². The third-order valence-corrected chi connectivity index (χ3v) is 5.31. The fourth-order valence-electron chi connectivity index (χ4n) is 3.35. The Balaban J connectivity index is 1.74. The van der Waals surface area contributed by atoms with Crippen molar-refractivity contribution in [1.82, 2.24) is 14.9 Å². The first-order valence-corrected chi connectivity index (χ1v) is 9.69. The zero-order chi connectivity index (χ0) is 18.0. The molecule has 25 heavy (non-hydrogen) atoms. The van der Waals surface area contributed by atoms with Crippen LogP contribution in [0.25, 0.3) is 0 Å². The molecule has 0 fully saturated rings. The summed E-state index contributed by atoms with van der Waals surface area (Å²) in [5, 5.41) is 4.60. The summed E-state index contributed by atoms with van der Waals surface area (Å²) in [5.41, 5.74) is 1.55. The number of thioether (sulfide) groups is 1. The van der Waals surface area contributed by atoms with E-state index in [1.807, 2.05) is 6.26 Å². The van der Waals surface area contributed by atoms with Crippen molar-refractivity contribution in [2.75, 3.05) is 12.8 Å². The lowest BCUT2D eigenvalue weighted by Gasteiger charge is -2.27. The highest BCUT2D eigenvalue weighted by atomic mass is 32.2. The highest BCUT2D eigenvalue weighted by Gasteiger charge is 2.30. The van der Waals surface area contributed by atoms with Gasteiger partial charge in [-0.15, -0.1) is 11.8 Å². The first kappa shape index (κ1) is 18.3. The van der Waals surface area contributed by atoms with Crippen LogP contribution in [-0.4, -0.2) is 22.4 Å². The molecule has 136 valence electrons. The van der Waals surface area contributed by atoms with Crippen molar-refractivity contribution in [1.29, 1.82) is 0 Å². The molecule has 0 bridgehead atoms. The molecule has 1 aromatic carbocycles. The van der Waals surface area contributed by atoms with Gasteiger partial charge in [0, 0.05) is 19.5 Å². The first-order valence-electron chi connectivity index (χ1n) is 8.46. The number of hydrogen-bond acceptors (Lipinski definition) is 3. The van der Waals surface area contributed by atoms with Crippen LogP contribution in [-0.2, 0) is 25.6 Å². The largest absolute Gasteiger partial charge is 0.416 e. The Kier molecular flexibility index (Phi) is 5.43. The van der Waals surface area contributed by atoms with Gasteiger partial charge in [-0.3, -0.25) is 0 Å². The molecule has 0 radical (unpaired) electrons. The molecule has 1 aliphatic heterocycles. The summed E-state index contributed by atoms with van der Waals surface area (Å²) >= 11 is 1.65. The topological polar surface area (TPSA) is 29.9 Å². The van der Waals surface area contributed by atoms with Gasteiger partial charge in [-0.05, 0) is 36.8 Å². The number of fused-ring (bicyclic) bond motifs is 1. The van der Waals surface area contributed by atoms with E-state index >= 15 is 0 Å². The third-order valence-electron chi connectivity index (χ3n) is 4.62. The van der Waals surface area contributed by atoms with Gasteiger partial charge in [0.25, 0.3) is 0 Å². The summed E-state index contributed by atoms with van der Waals surface area (Å²) in [4.78, 5) is 4.73. The molecule has 0 spiro atoms. The van der Waals surface area contributed by atoms with E-state index < -0.39 is 11.7 Å². The smallest absolute Gasteiger partial charge is 0.328 e. The van der Waals surface area contributed by atoms with E-state index in [1.54, 1.807) is 23.9 Å². The van der Waals surface area contributed by atoms with Gasteiger partial charge in [-0.2, -0.15) is 13.2 Å². The number of nitrogens with one attached hydrogen (secondary N) is 1. The predicted octanol–water partition coefficient (Wildman–Crippen LogP) is 4.46. The minimum absolute atomic E-state index is 0.186. The third kappa shape index (κ3) is 3.87. The SMILES string of the molecule is CCc1nc(SC)c2n1CCNC2CCc1ccc(C(F)(F)F)cc1. The van der Waals surface area contributed by atoms with Gasteiger partial charge in [0.15, 0.2) is 0 Å². The summed E-state index contributed by atoms with van der Waals surface area (Å²) < 4.78 is 40.3. The lowest BCUT2D eigenvalue weighted by Crippen LogP contribution is -2.34. The number of halogens is 3. The van der Waals surface area contributed by atoms with Crippen LogP contribution in [0, 0.1) is 0 Å². The van der Waals surface area contributed by atoms with Crippen LogP contribution < -0.4 is 5.32 Å². The number of nitrogens with zero attached hydrogens (tertiary/aromatic N) is 2. The number of benzene rings is 1. The molecule has 1 atom stereocenters. The average Bonchev–Trinajstić information content (AvgIpc) is 2.98. The molecule has 1 unspecified atom stereocenters. The highest BCUT2D eigenvalue weighted by Crippen LogP contribution is 2.33. The van der Waals surface area contributed by atoms with Crippen LogP contribution in [0.15, 0.2) is 29.3 Å². The molecule has 2 aromatic rings. The summed E-state index contributed by atoms with van der Waals surface area (Å²) in [6.07, 6.45) is 0.229. The van der Waals surface area contributed by atoms with E-state index in [9.17, 15) is 13.2 Å². The Labute approximate surface area is 150 Å². The molecule has 0 saturated heterocycles. The van der Waals surface area contributed by atoms with Crippen molar-refractivity contribution in [2.24, 2.45) is 0 Å². The van der Waals surface area contributed by atoms with Crippen LogP contribution in [0.5, 0.6) is 0 Å². The van der Waals surface area contributed by atoms with E-state index in [0.717, 1.165) is 60.9 Å². The van der Waals surface area contributed by atoms with E-state index in [4.69, 9.17) is 4.98 Å². The van der Waals surface area contributed by atoms with Crippen LogP contribution in [0.1, 0.15) is 42.0 Å². The monoisotopic (exact) mass is 369 g/mol. The molecule has 1 N–H and O–H groups in total. The van der Waals surface area contributed by atoms with Crippen molar-refractivity contribution < 1.29 is 13.2 Å². The molecule has 3 nitrogen and oxygen atoms in total. The van der Waals surface area contributed by atoms with Crippen molar-refractivity contribution in [3.63, 3.8) is 0 Å². The van der Waals surface area contributed by atoms with Crippen molar-refractivity contribution in [3.05, 3.63) is 46.9 Å². The first-order chi connectivity index (χ1) is 11.9. The van der Waals surface area contributed by atoms with Crippen molar-refractivity contribution in [3.8, 4) is 0 Å². The van der Waals surface area contributed by atoms with Gasteiger partial charge in [0.2, 0.25) is 0 Å². The highest BCUT2D eigenvalue weighted by molar-refractivity contribution is 7.98. The van der Waals surface area contributed by atoms with Gasteiger partial charge >= 0.3 is 6.18 Å². The average molecular weight is 369 g/mol. The molecule has 1 aliphatic rings. The summed E-state index contributed by atoms with van der Waals surface area (Å²) in [5.74, 6) is 1.11. The number of aromatic nitrogens is 2. The van der Waals surface area contributed by atoms with E-state index in [-0.39, 0.29) is 6.04 Å². The lowest BCUT2D eigenvalue weighted by molar-refractivity contribution is -0.137. The molecule has 1 aromatic heterocycles. The Morgan fingerprint density at radius 1 is 1.28 bits per heavy atom. The van der Waals surface area contributed by atoms with Gasteiger partial charge < -0.3 is 9.88 Å². The quantitative estimate of drug-likeness (QED) is 0.789. The maximum atomic E-state index is 12.7. The van der Waals surface area contributed by atoms with Crippen LogP contribution in [0.2, 0.25) is 0 Å². The Hall–Kier alpha value is -1.47. The minimum atomic E-state index is -4.28. The number of aryl methyl sites for hydroxylation is 2.